The van der Waals surface area contributed by atoms with Gasteiger partial charge in [0, 0.05) is 24.8 Å². The number of aromatic nitrogens is 2. The van der Waals surface area contributed by atoms with Crippen molar-refractivity contribution in [3.63, 3.8) is 0 Å². The van der Waals surface area contributed by atoms with E-state index in [1.165, 1.54) is 4.68 Å². The number of rotatable bonds is 8. The molecule has 7 nitrogen and oxygen atoms in total. The third-order valence-corrected chi connectivity index (χ3v) is 7.02. The van der Waals surface area contributed by atoms with Crippen LogP contribution in [0.1, 0.15) is 71.3 Å². The molecule has 1 fully saturated rings. The number of ether oxygens (including phenoxy) is 1. The number of carboxylic acid groups (broad SMARTS) is 1. The number of alkyl halides is 3. The number of halogens is 3. The number of aryl methyl sites for hydroxylation is 2. The topological polar surface area (TPSA) is 84.7 Å². The van der Waals surface area contributed by atoms with Crippen LogP contribution in [0.3, 0.4) is 0 Å². The Morgan fingerprint density at radius 1 is 1.15 bits per heavy atom. The zero-order valence-corrected chi connectivity index (χ0v) is 22.2. The second-order valence-electron chi connectivity index (χ2n) is 10.0. The second kappa shape index (κ2) is 11.5. The van der Waals surface area contributed by atoms with Crippen LogP contribution in [-0.4, -0.2) is 44.8 Å². The van der Waals surface area contributed by atoms with Gasteiger partial charge < -0.3 is 14.7 Å². The van der Waals surface area contributed by atoms with E-state index in [-0.39, 0.29) is 18.6 Å². The summed E-state index contributed by atoms with van der Waals surface area (Å²) in [5, 5.41) is 13.2. The molecule has 1 aliphatic rings. The highest BCUT2D eigenvalue weighted by atomic mass is 19.4. The van der Waals surface area contributed by atoms with Crippen LogP contribution in [0.5, 0.6) is 5.75 Å². The lowest BCUT2D eigenvalue weighted by atomic mass is 9.97. The van der Waals surface area contributed by atoms with E-state index in [4.69, 9.17) is 4.74 Å². The van der Waals surface area contributed by atoms with Crippen molar-refractivity contribution < 1.29 is 32.6 Å². The Hall–Kier alpha value is -3.82. The van der Waals surface area contributed by atoms with E-state index in [0.717, 1.165) is 35.5 Å². The lowest BCUT2D eigenvalue weighted by molar-refractivity contribution is -0.143. The molecule has 1 saturated heterocycles. The van der Waals surface area contributed by atoms with Gasteiger partial charge in [-0.2, -0.15) is 18.3 Å². The smallest absolute Gasteiger partial charge is 0.419 e. The van der Waals surface area contributed by atoms with E-state index < -0.39 is 23.6 Å². The van der Waals surface area contributed by atoms with Gasteiger partial charge in [-0.05, 0) is 74.1 Å². The Bertz CT molecular complexity index is 1310. The van der Waals surface area contributed by atoms with Crippen molar-refractivity contribution in [1.82, 2.24) is 14.7 Å². The Kier molecular flexibility index (Phi) is 8.32. The fraction of sp³-hybridized carbons (Fsp3) is 0.414. The normalized spacial score (nSPS) is 16.7. The zero-order valence-electron chi connectivity index (χ0n) is 22.2. The zero-order chi connectivity index (χ0) is 28.3. The van der Waals surface area contributed by atoms with Crippen LogP contribution in [0, 0.1) is 19.8 Å². The summed E-state index contributed by atoms with van der Waals surface area (Å²) >= 11 is 0. The minimum absolute atomic E-state index is 0.186. The molecular weight excluding hydrogens is 511 g/mol. The molecule has 0 saturated carbocycles. The van der Waals surface area contributed by atoms with Crippen LogP contribution in [0.2, 0.25) is 0 Å². The molecule has 1 unspecified atom stereocenters. The van der Waals surface area contributed by atoms with Crippen molar-refractivity contribution in [2.24, 2.45) is 5.92 Å². The number of hydrogen-bond donors (Lipinski definition) is 1. The second-order valence-corrected chi connectivity index (χ2v) is 10.0. The van der Waals surface area contributed by atoms with E-state index in [1.807, 2.05) is 19.1 Å². The van der Waals surface area contributed by atoms with Crippen LogP contribution in [0.25, 0.3) is 5.69 Å². The number of carboxylic acids is 1. The average molecular weight is 544 g/mol. The molecule has 208 valence electrons. The maximum atomic E-state index is 13.1. The molecule has 1 N–H and O–H groups in total. The quantitative estimate of drug-likeness (QED) is 0.357. The van der Waals surface area contributed by atoms with Crippen LogP contribution < -0.4 is 4.74 Å². The van der Waals surface area contributed by atoms with Gasteiger partial charge in [0.2, 0.25) is 0 Å². The number of amides is 1. The minimum atomic E-state index is -4.47. The molecule has 1 amide bonds. The first-order valence-corrected chi connectivity index (χ1v) is 13.0. The highest BCUT2D eigenvalue weighted by Gasteiger charge is 2.33. The number of nitrogens with zero attached hydrogens (tertiary/aromatic N) is 3. The molecule has 0 aliphatic carbocycles. The third-order valence-electron chi connectivity index (χ3n) is 7.02. The number of aliphatic carboxylic acids is 1. The molecule has 2 heterocycles. The number of carbonyl (C=O) groups is 2. The molecule has 1 aromatic heterocycles. The summed E-state index contributed by atoms with van der Waals surface area (Å²) in [7, 11) is 0. The summed E-state index contributed by atoms with van der Waals surface area (Å²) in [6.45, 7) is 6.39. The highest BCUT2D eigenvalue weighted by Crippen LogP contribution is 2.33. The van der Waals surface area contributed by atoms with Crippen molar-refractivity contribution in [3.05, 3.63) is 76.6 Å². The average Bonchev–Trinajstić information content (AvgIpc) is 3.38. The van der Waals surface area contributed by atoms with Crippen molar-refractivity contribution in [1.29, 1.82) is 0 Å². The number of hydrogen-bond acceptors (Lipinski definition) is 4. The summed E-state index contributed by atoms with van der Waals surface area (Å²) in [4.78, 5) is 25.9. The van der Waals surface area contributed by atoms with E-state index in [2.05, 4.69) is 5.10 Å². The van der Waals surface area contributed by atoms with Gasteiger partial charge in [-0.15, -0.1) is 0 Å². The van der Waals surface area contributed by atoms with Crippen molar-refractivity contribution in [3.8, 4) is 11.4 Å². The standard InChI is InChI=1S/C29H32F3N3O4/c1-4-6-25(20-8-10-21(11-9-20)27(36)34-12-5-7-22(16-34)28(37)38)39-24-13-18(2)26(19(3)14-24)35-17-23(15-33-35)29(30,31)32/h8-11,13-15,17,22,25H,4-7,12,16H2,1-3H3,(H,37,38)/t22-,25?/m1/s1. The summed E-state index contributed by atoms with van der Waals surface area (Å²) in [5.74, 6) is -1.02. The van der Waals surface area contributed by atoms with Crippen LogP contribution in [0.15, 0.2) is 48.8 Å². The fourth-order valence-corrected chi connectivity index (χ4v) is 5.04. The molecule has 0 bridgehead atoms. The molecule has 1 aliphatic heterocycles. The lowest BCUT2D eigenvalue weighted by Gasteiger charge is -2.30. The molecule has 10 heteroatoms. The van der Waals surface area contributed by atoms with Crippen molar-refractivity contribution in [2.75, 3.05) is 13.1 Å². The molecule has 4 rings (SSSR count). The number of likely N-dealkylation sites (tertiary alicyclic amines) is 1. The van der Waals surface area contributed by atoms with Crippen LogP contribution in [0.4, 0.5) is 13.2 Å². The molecule has 2 atom stereocenters. The van der Waals surface area contributed by atoms with Gasteiger partial charge in [-0.25, -0.2) is 4.68 Å². The van der Waals surface area contributed by atoms with Gasteiger partial charge in [-0.1, -0.05) is 25.5 Å². The van der Waals surface area contributed by atoms with Crippen molar-refractivity contribution >= 4 is 11.9 Å². The Morgan fingerprint density at radius 3 is 2.38 bits per heavy atom. The summed E-state index contributed by atoms with van der Waals surface area (Å²) in [6, 6.07) is 10.7. The predicted octanol–water partition coefficient (Wildman–Crippen LogP) is 6.36. The molecule has 3 aromatic rings. The SMILES string of the molecule is CCCC(Oc1cc(C)c(-n2cc(C(F)(F)F)cn2)c(C)c1)c1ccc(C(=O)N2CCC[C@@H](C(=O)O)C2)cc1. The fourth-order valence-electron chi connectivity index (χ4n) is 5.04. The summed E-state index contributed by atoms with van der Waals surface area (Å²) in [5.41, 5.74) is 2.58. The molecule has 39 heavy (non-hydrogen) atoms. The van der Waals surface area contributed by atoms with Gasteiger partial charge in [0.25, 0.3) is 5.91 Å². The van der Waals surface area contributed by atoms with E-state index in [9.17, 15) is 27.9 Å². The third kappa shape index (κ3) is 6.43. The van der Waals surface area contributed by atoms with Crippen LogP contribution >= 0.6 is 0 Å². The maximum absolute atomic E-state index is 13.1. The summed E-state index contributed by atoms with van der Waals surface area (Å²) in [6.07, 6.45) is -0.177. The predicted molar refractivity (Wildman–Crippen MR) is 139 cm³/mol. The highest BCUT2D eigenvalue weighted by molar-refractivity contribution is 5.94. The Morgan fingerprint density at radius 2 is 1.82 bits per heavy atom. The van der Waals surface area contributed by atoms with Gasteiger partial charge >= 0.3 is 12.1 Å². The largest absolute Gasteiger partial charge is 0.486 e. The molecular formula is C29H32F3N3O4. The van der Waals surface area contributed by atoms with Gasteiger partial charge in [0.15, 0.2) is 0 Å². The number of carbonyl (C=O) groups excluding carboxylic acids is 1. The van der Waals surface area contributed by atoms with E-state index >= 15 is 0 Å². The first kappa shape index (κ1) is 28.2. The summed E-state index contributed by atoms with van der Waals surface area (Å²) < 4.78 is 46.7. The van der Waals surface area contributed by atoms with Gasteiger partial charge in [0.1, 0.15) is 11.9 Å². The van der Waals surface area contributed by atoms with E-state index in [0.29, 0.717) is 42.8 Å². The first-order valence-electron chi connectivity index (χ1n) is 13.0. The minimum Gasteiger partial charge on any atom is -0.486 e. The monoisotopic (exact) mass is 543 g/mol. The van der Waals surface area contributed by atoms with Gasteiger partial charge in [-0.3, -0.25) is 9.59 Å². The maximum Gasteiger partial charge on any atom is 0.419 e. The molecule has 0 radical (unpaired) electrons. The Balaban J connectivity index is 1.51. The van der Waals surface area contributed by atoms with Gasteiger partial charge in [0.05, 0.1) is 23.4 Å². The van der Waals surface area contributed by atoms with Crippen LogP contribution in [-0.2, 0) is 11.0 Å². The molecule has 0 spiro atoms. The molecule has 2 aromatic carbocycles. The lowest BCUT2D eigenvalue weighted by Crippen LogP contribution is -2.42. The first-order chi connectivity index (χ1) is 18.5. The van der Waals surface area contributed by atoms with E-state index in [1.54, 1.807) is 43.0 Å². The number of piperidine rings is 1. The Labute approximate surface area is 225 Å². The number of benzene rings is 2. The van der Waals surface area contributed by atoms with Crippen molar-refractivity contribution in [2.45, 2.75) is 58.7 Å².